The average Bonchev–Trinajstić information content (AvgIpc) is 3.69. The van der Waals surface area contributed by atoms with Gasteiger partial charge in [-0.2, -0.15) is 0 Å². The van der Waals surface area contributed by atoms with Crippen LogP contribution in [0.15, 0.2) is 128 Å². The number of benzene rings is 4. The van der Waals surface area contributed by atoms with E-state index in [9.17, 15) is 24.0 Å². The highest BCUT2D eigenvalue weighted by Gasteiger charge is 2.54. The van der Waals surface area contributed by atoms with E-state index in [0.29, 0.717) is 0 Å². The first-order chi connectivity index (χ1) is 25.3. The number of carbonyl (C=O) groups excluding carboxylic acids is 5. The molecule has 5 atom stereocenters. The Balaban J connectivity index is 1.45. The Morgan fingerprint density at radius 2 is 1.00 bits per heavy atom. The summed E-state index contributed by atoms with van der Waals surface area (Å²) in [5.74, 6) is -4.10. The van der Waals surface area contributed by atoms with Gasteiger partial charge in [0.2, 0.25) is 0 Å². The van der Waals surface area contributed by atoms with Crippen LogP contribution in [0.25, 0.3) is 0 Å². The fraction of sp³-hybridized carbons (Fsp3) is 0.184. The summed E-state index contributed by atoms with van der Waals surface area (Å²) in [5.41, 5.74) is 0.428. The Bertz CT molecular complexity index is 2010. The third-order valence-corrected chi connectivity index (χ3v) is 7.92. The van der Waals surface area contributed by atoms with Crippen LogP contribution in [0.4, 0.5) is 0 Å². The molecule has 0 aliphatic carbocycles. The summed E-state index contributed by atoms with van der Waals surface area (Å²) < 4.78 is 35.9. The molecular formula is C38H31N3O11. The fourth-order valence-corrected chi connectivity index (χ4v) is 5.36. The van der Waals surface area contributed by atoms with E-state index < -0.39 is 67.1 Å². The zero-order valence-electron chi connectivity index (χ0n) is 27.6. The van der Waals surface area contributed by atoms with Crippen molar-refractivity contribution >= 4 is 29.8 Å². The molecule has 0 amide bonds. The Kier molecular flexibility index (Phi) is 11.1. The Labute approximate surface area is 296 Å². The molecule has 1 aliphatic rings. The van der Waals surface area contributed by atoms with Crippen molar-refractivity contribution in [3.05, 3.63) is 155 Å². The molecule has 0 bridgehead atoms. The van der Waals surface area contributed by atoms with Crippen molar-refractivity contribution in [1.82, 2.24) is 15.0 Å². The second kappa shape index (κ2) is 16.4. The van der Waals surface area contributed by atoms with Crippen molar-refractivity contribution in [2.75, 3.05) is 13.7 Å². The highest BCUT2D eigenvalue weighted by Crippen LogP contribution is 2.36. The van der Waals surface area contributed by atoms with Crippen molar-refractivity contribution < 1.29 is 52.4 Å². The number of ether oxygens (including phenoxy) is 6. The van der Waals surface area contributed by atoms with E-state index in [1.165, 1.54) is 42.6 Å². The summed E-state index contributed by atoms with van der Waals surface area (Å²) in [6.45, 7) is -0.533. The summed E-state index contributed by atoms with van der Waals surface area (Å²) >= 11 is 0. The predicted molar refractivity (Wildman–Crippen MR) is 179 cm³/mol. The molecule has 5 aromatic rings. The molecule has 1 fully saturated rings. The van der Waals surface area contributed by atoms with Crippen LogP contribution in [0.1, 0.15) is 58.1 Å². The lowest BCUT2D eigenvalue weighted by Gasteiger charge is -2.44. The molecule has 264 valence electrons. The number of methoxy groups -OCH3 is 1. The van der Waals surface area contributed by atoms with Gasteiger partial charge in [-0.05, 0) is 48.5 Å². The van der Waals surface area contributed by atoms with Crippen LogP contribution in [-0.2, 0) is 28.4 Å². The number of hydrogen-bond donors (Lipinski definition) is 0. The van der Waals surface area contributed by atoms with Crippen molar-refractivity contribution in [3.8, 4) is 0 Å². The van der Waals surface area contributed by atoms with Crippen LogP contribution in [0.5, 0.6) is 0 Å². The van der Waals surface area contributed by atoms with Crippen molar-refractivity contribution in [3.63, 3.8) is 0 Å². The Morgan fingerprint density at radius 1 is 0.577 bits per heavy atom. The molecule has 1 aromatic heterocycles. The number of rotatable bonds is 11. The Morgan fingerprint density at radius 3 is 1.46 bits per heavy atom. The summed E-state index contributed by atoms with van der Waals surface area (Å²) in [5, 5.41) is 7.87. The second-order valence-electron chi connectivity index (χ2n) is 11.3. The third-order valence-electron chi connectivity index (χ3n) is 7.92. The van der Waals surface area contributed by atoms with Crippen LogP contribution in [0.2, 0.25) is 0 Å². The van der Waals surface area contributed by atoms with E-state index in [1.807, 2.05) is 0 Å². The number of carbonyl (C=O) groups is 5. The molecule has 0 unspecified atom stereocenters. The molecule has 0 saturated carbocycles. The Hall–Kier alpha value is -6.67. The van der Waals surface area contributed by atoms with Gasteiger partial charge in [0.05, 0.1) is 35.6 Å². The zero-order chi connectivity index (χ0) is 36.5. The molecule has 2 heterocycles. The van der Waals surface area contributed by atoms with Gasteiger partial charge in [-0.1, -0.05) is 78.0 Å². The normalized spacial score (nSPS) is 19.4. The van der Waals surface area contributed by atoms with Gasteiger partial charge >= 0.3 is 29.8 Å². The molecule has 6 rings (SSSR count). The molecule has 52 heavy (non-hydrogen) atoms. The van der Waals surface area contributed by atoms with Gasteiger partial charge in [0.15, 0.2) is 30.2 Å². The molecule has 0 spiro atoms. The topological polar surface area (TPSA) is 171 Å². The minimum atomic E-state index is -1.61. The van der Waals surface area contributed by atoms with E-state index in [1.54, 1.807) is 84.9 Å². The number of aromatic nitrogens is 3. The first-order valence-corrected chi connectivity index (χ1v) is 16.0. The SMILES string of the molecule is COC(=O)c1cn([C@@H]2O[C@H](COC(=O)c3ccccc3)[C@@H](OC(=O)c3ccccc3)[C@H](OC(=O)c3ccccc3)[C@H]2OC(=O)c2ccccc2)nn1. The summed E-state index contributed by atoms with van der Waals surface area (Å²) in [4.78, 5) is 66.4. The van der Waals surface area contributed by atoms with Crippen LogP contribution >= 0.6 is 0 Å². The quantitative estimate of drug-likeness (QED) is 0.139. The highest BCUT2D eigenvalue weighted by atomic mass is 16.7. The van der Waals surface area contributed by atoms with E-state index in [0.717, 1.165) is 11.8 Å². The molecule has 14 heteroatoms. The van der Waals surface area contributed by atoms with E-state index in [-0.39, 0.29) is 27.9 Å². The van der Waals surface area contributed by atoms with Crippen LogP contribution in [0, 0.1) is 0 Å². The van der Waals surface area contributed by atoms with Gasteiger partial charge in [0, 0.05) is 0 Å². The van der Waals surface area contributed by atoms with E-state index in [2.05, 4.69) is 10.3 Å². The number of esters is 5. The minimum Gasteiger partial charge on any atom is -0.464 e. The van der Waals surface area contributed by atoms with Gasteiger partial charge in [-0.15, -0.1) is 5.10 Å². The molecule has 0 N–H and O–H groups in total. The summed E-state index contributed by atoms with van der Waals surface area (Å²) in [6.07, 6.45) is -6.42. The van der Waals surface area contributed by atoms with Crippen molar-refractivity contribution in [1.29, 1.82) is 0 Å². The van der Waals surface area contributed by atoms with E-state index in [4.69, 9.17) is 28.4 Å². The maximum absolute atomic E-state index is 13.7. The molecule has 4 aromatic carbocycles. The monoisotopic (exact) mass is 705 g/mol. The number of nitrogens with zero attached hydrogens (tertiary/aromatic N) is 3. The molecule has 1 saturated heterocycles. The average molecular weight is 706 g/mol. The minimum absolute atomic E-state index is 0.132. The largest absolute Gasteiger partial charge is 0.464 e. The highest BCUT2D eigenvalue weighted by molar-refractivity contribution is 5.91. The lowest BCUT2D eigenvalue weighted by Crippen LogP contribution is -2.61. The summed E-state index contributed by atoms with van der Waals surface area (Å²) in [6, 6.07) is 32.1. The van der Waals surface area contributed by atoms with E-state index >= 15 is 0 Å². The van der Waals surface area contributed by atoms with Crippen LogP contribution in [0.3, 0.4) is 0 Å². The van der Waals surface area contributed by atoms with Crippen LogP contribution in [-0.4, -0.2) is 83.0 Å². The van der Waals surface area contributed by atoms with Gasteiger partial charge < -0.3 is 28.4 Å². The van der Waals surface area contributed by atoms with Gasteiger partial charge in [-0.25, -0.2) is 28.7 Å². The first-order valence-electron chi connectivity index (χ1n) is 16.0. The van der Waals surface area contributed by atoms with Gasteiger partial charge in [0.25, 0.3) is 0 Å². The van der Waals surface area contributed by atoms with Crippen molar-refractivity contribution in [2.45, 2.75) is 30.6 Å². The first kappa shape index (κ1) is 35.2. The molecular weight excluding hydrogens is 674 g/mol. The summed E-state index contributed by atoms with van der Waals surface area (Å²) in [7, 11) is 1.16. The predicted octanol–water partition coefficient (Wildman–Crippen LogP) is 4.50. The van der Waals surface area contributed by atoms with Crippen molar-refractivity contribution in [2.24, 2.45) is 0 Å². The standard InChI is InChI=1S/C38H31N3O11/c1-47-38(46)28-22-41(40-39-28)33-32(52-37(45)27-20-12-5-13-21-27)31(51-36(44)26-18-10-4-11-19-26)30(50-35(43)25-16-8-3-9-17-25)29(49-33)23-48-34(42)24-14-6-2-7-15-24/h2-22,29-33H,23H2,1H3/t29-,30-,31+,32-,33-/m1/s1. The maximum Gasteiger partial charge on any atom is 0.360 e. The number of hydrogen-bond acceptors (Lipinski definition) is 13. The van der Waals surface area contributed by atoms with Gasteiger partial charge in [-0.3, -0.25) is 0 Å². The molecule has 0 radical (unpaired) electrons. The molecule has 1 aliphatic heterocycles. The molecule has 14 nitrogen and oxygen atoms in total. The maximum atomic E-state index is 13.7. The second-order valence-corrected chi connectivity index (χ2v) is 11.3. The lowest BCUT2D eigenvalue weighted by atomic mass is 9.96. The third kappa shape index (κ3) is 8.20. The van der Waals surface area contributed by atoms with Gasteiger partial charge in [0.1, 0.15) is 12.7 Å². The lowest BCUT2D eigenvalue weighted by molar-refractivity contribution is -0.252. The zero-order valence-corrected chi connectivity index (χ0v) is 27.6. The fourth-order valence-electron chi connectivity index (χ4n) is 5.36. The smallest absolute Gasteiger partial charge is 0.360 e. The van der Waals surface area contributed by atoms with Crippen LogP contribution < -0.4 is 0 Å².